The predicted molar refractivity (Wildman–Crippen MR) is 116 cm³/mol. The maximum atomic E-state index is 12.9. The van der Waals surface area contributed by atoms with Gasteiger partial charge in [-0.1, -0.05) is 60.1 Å². The molecule has 0 aliphatic carbocycles. The van der Waals surface area contributed by atoms with Crippen molar-refractivity contribution in [2.75, 3.05) is 5.32 Å². The second-order valence-electron chi connectivity index (χ2n) is 6.97. The molecular weight excluding hydrogens is 459 g/mol. The van der Waals surface area contributed by atoms with Crippen LogP contribution in [0.4, 0.5) is 18.9 Å². The average molecular weight is 476 g/mol. The molecule has 3 rings (SSSR count). The minimum Gasteiger partial charge on any atom is -0.449 e. The molecule has 170 valence electrons. The lowest BCUT2D eigenvalue weighted by molar-refractivity contribution is -0.137. The van der Waals surface area contributed by atoms with E-state index in [0.29, 0.717) is 11.6 Å². The molecule has 1 N–H and O–H groups in total. The van der Waals surface area contributed by atoms with Gasteiger partial charge in [-0.15, -0.1) is 0 Å². The quantitative estimate of drug-likeness (QED) is 0.362. The minimum atomic E-state index is -4.63. The molecule has 0 heterocycles. The number of nitrogens with one attached hydrogen (secondary N) is 1. The second kappa shape index (κ2) is 9.87. The third-order valence-corrected chi connectivity index (χ3v) is 4.96. The number of ether oxygens (including phenoxy) is 1. The molecule has 3 aromatic rings. The maximum Gasteiger partial charge on any atom is 0.416 e. The van der Waals surface area contributed by atoms with E-state index >= 15 is 0 Å². The molecule has 33 heavy (non-hydrogen) atoms. The van der Waals surface area contributed by atoms with Crippen LogP contribution in [0.2, 0.25) is 5.02 Å². The van der Waals surface area contributed by atoms with E-state index in [-0.39, 0.29) is 21.8 Å². The fourth-order valence-electron chi connectivity index (χ4n) is 2.91. The second-order valence-corrected chi connectivity index (χ2v) is 7.38. The standard InChI is InChI=1S/C24H17ClF3NO4/c1-14(22(31)29-20-13-16(24(26,27)28)11-12-19(20)25)33-23(32)18-10-6-5-9-17(18)21(30)15-7-3-2-4-8-15/h2-14H,1H3,(H,29,31)/t14-/m0/s1. The molecule has 0 saturated heterocycles. The van der Waals surface area contributed by atoms with Crippen molar-refractivity contribution in [3.05, 3.63) is 100 Å². The van der Waals surface area contributed by atoms with E-state index in [0.717, 1.165) is 12.1 Å². The average Bonchev–Trinajstić information content (AvgIpc) is 2.79. The Bertz CT molecular complexity index is 1200. The van der Waals surface area contributed by atoms with Crippen molar-refractivity contribution in [2.45, 2.75) is 19.2 Å². The molecule has 1 amide bonds. The van der Waals surface area contributed by atoms with E-state index in [4.69, 9.17) is 16.3 Å². The Balaban J connectivity index is 1.76. The lowest BCUT2D eigenvalue weighted by Crippen LogP contribution is -2.30. The Morgan fingerprint density at radius 1 is 0.909 bits per heavy atom. The van der Waals surface area contributed by atoms with Crippen LogP contribution in [0.25, 0.3) is 0 Å². The van der Waals surface area contributed by atoms with Crippen LogP contribution in [0.5, 0.6) is 0 Å². The molecule has 0 aromatic heterocycles. The number of alkyl halides is 3. The summed E-state index contributed by atoms with van der Waals surface area (Å²) >= 11 is 5.88. The molecule has 0 unspecified atom stereocenters. The molecular formula is C24H17ClF3NO4. The number of hydrogen-bond acceptors (Lipinski definition) is 4. The highest BCUT2D eigenvalue weighted by Gasteiger charge is 2.31. The number of esters is 1. The Kier molecular flexibility index (Phi) is 7.18. The number of amides is 1. The molecule has 0 spiro atoms. The molecule has 1 atom stereocenters. The highest BCUT2D eigenvalue weighted by molar-refractivity contribution is 6.33. The van der Waals surface area contributed by atoms with Crippen LogP contribution in [0.15, 0.2) is 72.8 Å². The molecule has 5 nitrogen and oxygen atoms in total. The highest BCUT2D eigenvalue weighted by Crippen LogP contribution is 2.34. The summed E-state index contributed by atoms with van der Waals surface area (Å²) in [5.41, 5.74) is -0.882. The predicted octanol–water partition coefficient (Wildman–Crippen LogP) is 5.77. The zero-order chi connectivity index (χ0) is 24.2. The first kappa shape index (κ1) is 24.0. The van der Waals surface area contributed by atoms with Crippen LogP contribution in [0.3, 0.4) is 0 Å². The first-order valence-electron chi connectivity index (χ1n) is 9.65. The zero-order valence-corrected chi connectivity index (χ0v) is 17.9. The summed E-state index contributed by atoms with van der Waals surface area (Å²) in [5, 5.41) is 2.11. The highest BCUT2D eigenvalue weighted by atomic mass is 35.5. The van der Waals surface area contributed by atoms with Crippen LogP contribution < -0.4 is 5.32 Å². The number of anilines is 1. The third-order valence-electron chi connectivity index (χ3n) is 4.63. The van der Waals surface area contributed by atoms with Gasteiger partial charge in [0, 0.05) is 11.1 Å². The van der Waals surface area contributed by atoms with Crippen LogP contribution in [-0.4, -0.2) is 23.8 Å². The number of carbonyl (C=O) groups excluding carboxylic acids is 3. The van der Waals surface area contributed by atoms with Crippen molar-refractivity contribution in [2.24, 2.45) is 0 Å². The van der Waals surface area contributed by atoms with E-state index in [1.54, 1.807) is 36.4 Å². The van der Waals surface area contributed by atoms with Gasteiger partial charge < -0.3 is 10.1 Å². The molecule has 0 fully saturated rings. The molecule has 0 radical (unpaired) electrons. The Morgan fingerprint density at radius 2 is 1.52 bits per heavy atom. The summed E-state index contributed by atoms with van der Waals surface area (Å²) in [6.07, 6.45) is -6.01. The van der Waals surface area contributed by atoms with Gasteiger partial charge in [0.2, 0.25) is 0 Å². The number of halogens is 4. The lowest BCUT2D eigenvalue weighted by atomic mass is 9.98. The van der Waals surface area contributed by atoms with E-state index in [1.165, 1.54) is 25.1 Å². The van der Waals surface area contributed by atoms with Crippen LogP contribution in [-0.2, 0) is 15.7 Å². The van der Waals surface area contributed by atoms with Gasteiger partial charge >= 0.3 is 12.1 Å². The molecule has 9 heteroatoms. The van der Waals surface area contributed by atoms with E-state index < -0.39 is 35.5 Å². The van der Waals surface area contributed by atoms with Crippen molar-refractivity contribution in [3.63, 3.8) is 0 Å². The van der Waals surface area contributed by atoms with Crippen LogP contribution in [0.1, 0.15) is 38.8 Å². The molecule has 0 aliphatic heterocycles. The number of carbonyl (C=O) groups is 3. The fraction of sp³-hybridized carbons (Fsp3) is 0.125. The van der Waals surface area contributed by atoms with E-state index in [9.17, 15) is 27.6 Å². The minimum absolute atomic E-state index is 0.0527. The van der Waals surface area contributed by atoms with Gasteiger partial charge in [0.1, 0.15) is 0 Å². The molecule has 0 bridgehead atoms. The maximum absolute atomic E-state index is 12.9. The van der Waals surface area contributed by atoms with Crippen molar-refractivity contribution >= 4 is 34.9 Å². The van der Waals surface area contributed by atoms with Gasteiger partial charge in [0.15, 0.2) is 11.9 Å². The van der Waals surface area contributed by atoms with Gasteiger partial charge in [-0.05, 0) is 31.2 Å². The SMILES string of the molecule is C[C@H](OC(=O)c1ccccc1C(=O)c1ccccc1)C(=O)Nc1cc(C(F)(F)F)ccc1Cl. The lowest BCUT2D eigenvalue weighted by Gasteiger charge is -2.16. The van der Waals surface area contributed by atoms with Crippen LogP contribution in [0, 0.1) is 0 Å². The van der Waals surface area contributed by atoms with Gasteiger partial charge in [-0.3, -0.25) is 9.59 Å². The molecule has 3 aromatic carbocycles. The fourth-order valence-corrected chi connectivity index (χ4v) is 3.08. The third kappa shape index (κ3) is 5.78. The van der Waals surface area contributed by atoms with Crippen molar-refractivity contribution in [1.82, 2.24) is 0 Å². The van der Waals surface area contributed by atoms with Crippen molar-refractivity contribution in [1.29, 1.82) is 0 Å². The van der Waals surface area contributed by atoms with Crippen LogP contribution >= 0.6 is 11.6 Å². The smallest absolute Gasteiger partial charge is 0.416 e. The summed E-state index contributed by atoms with van der Waals surface area (Å²) < 4.78 is 44.0. The van der Waals surface area contributed by atoms with Gasteiger partial charge in [-0.2, -0.15) is 13.2 Å². The first-order valence-corrected chi connectivity index (χ1v) is 10.0. The number of hydrogen-bond donors (Lipinski definition) is 1. The van der Waals surface area contributed by atoms with E-state index in [1.807, 2.05) is 0 Å². The molecule has 0 aliphatic rings. The topological polar surface area (TPSA) is 72.5 Å². The van der Waals surface area contributed by atoms with Gasteiger partial charge in [0.05, 0.1) is 21.8 Å². The Labute approximate surface area is 192 Å². The summed E-state index contributed by atoms with van der Waals surface area (Å²) in [5.74, 6) is -2.24. The van der Waals surface area contributed by atoms with Crippen molar-refractivity contribution in [3.8, 4) is 0 Å². The largest absolute Gasteiger partial charge is 0.449 e. The monoisotopic (exact) mass is 475 g/mol. The van der Waals surface area contributed by atoms with Gasteiger partial charge in [0.25, 0.3) is 5.91 Å². The number of ketones is 1. The van der Waals surface area contributed by atoms with E-state index in [2.05, 4.69) is 5.32 Å². The number of rotatable bonds is 6. The Hall–Kier alpha value is -3.65. The zero-order valence-electron chi connectivity index (χ0n) is 17.2. The summed E-state index contributed by atoms with van der Waals surface area (Å²) in [4.78, 5) is 37.9. The summed E-state index contributed by atoms with van der Waals surface area (Å²) in [6, 6.07) is 16.7. The summed E-state index contributed by atoms with van der Waals surface area (Å²) in [6.45, 7) is 1.25. The number of benzene rings is 3. The normalized spacial score (nSPS) is 12.0. The Morgan fingerprint density at radius 3 is 2.15 bits per heavy atom. The summed E-state index contributed by atoms with van der Waals surface area (Å²) in [7, 11) is 0. The first-order chi connectivity index (χ1) is 15.6. The van der Waals surface area contributed by atoms with Crippen molar-refractivity contribution < 1.29 is 32.3 Å². The van der Waals surface area contributed by atoms with Gasteiger partial charge in [-0.25, -0.2) is 4.79 Å². The molecule has 0 saturated carbocycles.